The fraction of sp³-hybridized carbons (Fsp3) is 0.600. The Morgan fingerprint density at radius 2 is 1.96 bits per heavy atom. The highest BCUT2D eigenvalue weighted by Gasteiger charge is 2.45. The molecule has 0 radical (unpaired) electrons. The zero-order chi connectivity index (χ0) is 17.2. The number of alkyl halides is 3. The van der Waals surface area contributed by atoms with Crippen LogP contribution in [0.2, 0.25) is 0 Å². The molecule has 1 fully saturated rings. The van der Waals surface area contributed by atoms with E-state index < -0.39 is 30.0 Å². The SMILES string of the molecule is Cc1cc(C)c(C(=O)C[C@H](N2CCOCC2)C(F)(F)F)c(=O)[nH]1. The van der Waals surface area contributed by atoms with Gasteiger partial charge in [-0.15, -0.1) is 0 Å². The first-order chi connectivity index (χ1) is 10.7. The Morgan fingerprint density at radius 1 is 1.35 bits per heavy atom. The van der Waals surface area contributed by atoms with Crippen LogP contribution in [0.15, 0.2) is 10.9 Å². The van der Waals surface area contributed by atoms with Crippen molar-refractivity contribution in [2.75, 3.05) is 26.3 Å². The molecule has 1 aliphatic heterocycles. The topological polar surface area (TPSA) is 62.4 Å². The number of ether oxygens (including phenoxy) is 1. The Kier molecular flexibility index (Phi) is 5.26. The molecule has 5 nitrogen and oxygen atoms in total. The van der Waals surface area contributed by atoms with Gasteiger partial charge in [0.05, 0.1) is 18.8 Å². The quantitative estimate of drug-likeness (QED) is 0.855. The monoisotopic (exact) mass is 332 g/mol. The summed E-state index contributed by atoms with van der Waals surface area (Å²) in [4.78, 5) is 27.9. The third-order valence-corrected chi connectivity index (χ3v) is 3.89. The fourth-order valence-electron chi connectivity index (χ4n) is 2.82. The highest BCUT2D eigenvalue weighted by atomic mass is 19.4. The van der Waals surface area contributed by atoms with E-state index in [2.05, 4.69) is 4.98 Å². The maximum atomic E-state index is 13.3. The number of aromatic amines is 1. The number of hydrogen-bond acceptors (Lipinski definition) is 4. The van der Waals surface area contributed by atoms with Crippen LogP contribution in [0.4, 0.5) is 13.2 Å². The van der Waals surface area contributed by atoms with E-state index in [1.165, 1.54) is 4.90 Å². The van der Waals surface area contributed by atoms with E-state index in [-0.39, 0.29) is 31.9 Å². The standard InChI is InChI=1S/C15H19F3N2O3/c1-9-7-10(2)19-14(22)13(9)11(21)8-12(15(16,17)18)20-3-5-23-6-4-20/h7,12H,3-6,8H2,1-2H3,(H,19,22)/t12-/m0/s1. The third kappa shape index (κ3) is 4.20. The molecule has 1 aromatic heterocycles. The molecule has 0 spiro atoms. The lowest BCUT2D eigenvalue weighted by atomic mass is 9.99. The van der Waals surface area contributed by atoms with Crippen molar-refractivity contribution < 1.29 is 22.7 Å². The molecule has 0 saturated carbocycles. The van der Waals surface area contributed by atoms with Crippen LogP contribution in [-0.2, 0) is 4.74 Å². The van der Waals surface area contributed by atoms with Gasteiger partial charge in [-0.25, -0.2) is 0 Å². The summed E-state index contributed by atoms with van der Waals surface area (Å²) in [7, 11) is 0. The van der Waals surface area contributed by atoms with Crippen LogP contribution in [0, 0.1) is 13.8 Å². The summed E-state index contributed by atoms with van der Waals surface area (Å²) in [5, 5.41) is 0. The van der Waals surface area contributed by atoms with Crippen LogP contribution in [0.1, 0.15) is 28.0 Å². The van der Waals surface area contributed by atoms with E-state index >= 15 is 0 Å². The minimum atomic E-state index is -4.54. The average molecular weight is 332 g/mol. The molecule has 0 unspecified atom stereocenters. The number of ketones is 1. The molecule has 0 aromatic carbocycles. The number of rotatable bonds is 4. The van der Waals surface area contributed by atoms with Crippen LogP contribution in [0.25, 0.3) is 0 Å². The number of Topliss-reactive ketones (excluding diaryl/α,β-unsaturated/α-hetero) is 1. The number of pyridine rings is 1. The molecule has 128 valence electrons. The molecular weight excluding hydrogens is 313 g/mol. The highest BCUT2D eigenvalue weighted by molar-refractivity contribution is 5.97. The Morgan fingerprint density at radius 3 is 2.48 bits per heavy atom. The van der Waals surface area contributed by atoms with Crippen molar-refractivity contribution in [2.24, 2.45) is 0 Å². The summed E-state index contributed by atoms with van der Waals surface area (Å²) in [6, 6.07) is -0.328. The van der Waals surface area contributed by atoms with Crippen molar-refractivity contribution in [1.29, 1.82) is 0 Å². The molecule has 0 amide bonds. The first-order valence-electron chi connectivity index (χ1n) is 7.32. The second kappa shape index (κ2) is 6.84. The van der Waals surface area contributed by atoms with E-state index in [1.807, 2.05) is 0 Å². The van der Waals surface area contributed by atoms with Crippen molar-refractivity contribution >= 4 is 5.78 Å². The van der Waals surface area contributed by atoms with Gasteiger partial charge in [0.25, 0.3) is 5.56 Å². The van der Waals surface area contributed by atoms with E-state index in [4.69, 9.17) is 4.74 Å². The molecule has 2 rings (SSSR count). The number of carbonyl (C=O) groups is 1. The number of nitrogens with one attached hydrogen (secondary N) is 1. The number of nitrogens with zero attached hydrogens (tertiary/aromatic N) is 1. The maximum Gasteiger partial charge on any atom is 0.404 e. The molecular formula is C15H19F3N2O3. The Bertz CT molecular complexity index is 634. The zero-order valence-corrected chi connectivity index (χ0v) is 13.0. The minimum Gasteiger partial charge on any atom is -0.379 e. The normalized spacial score (nSPS) is 18.0. The van der Waals surface area contributed by atoms with Gasteiger partial charge in [0.2, 0.25) is 0 Å². The van der Waals surface area contributed by atoms with Crippen LogP contribution in [0.5, 0.6) is 0 Å². The summed E-state index contributed by atoms with van der Waals surface area (Å²) >= 11 is 0. The molecule has 1 N–H and O–H groups in total. The number of H-pyrrole nitrogens is 1. The fourth-order valence-corrected chi connectivity index (χ4v) is 2.82. The van der Waals surface area contributed by atoms with Crippen molar-refractivity contribution in [3.63, 3.8) is 0 Å². The molecule has 1 aliphatic rings. The van der Waals surface area contributed by atoms with Crippen molar-refractivity contribution in [3.05, 3.63) is 33.2 Å². The van der Waals surface area contributed by atoms with Gasteiger partial charge in [0.15, 0.2) is 5.78 Å². The Labute approximate surface area is 131 Å². The molecule has 0 aliphatic carbocycles. The lowest BCUT2D eigenvalue weighted by Gasteiger charge is -2.35. The Balaban J connectivity index is 2.26. The summed E-state index contributed by atoms with van der Waals surface area (Å²) < 4.78 is 45.0. The number of hydrogen-bond donors (Lipinski definition) is 1. The molecule has 0 bridgehead atoms. The zero-order valence-electron chi connectivity index (χ0n) is 13.0. The summed E-state index contributed by atoms with van der Waals surface area (Å²) in [5.41, 5.74) is 0.109. The number of halogens is 3. The lowest BCUT2D eigenvalue weighted by Crippen LogP contribution is -2.51. The van der Waals surface area contributed by atoms with Crippen LogP contribution >= 0.6 is 0 Å². The summed E-state index contributed by atoms with van der Waals surface area (Å²) in [5.74, 6) is -0.794. The van der Waals surface area contributed by atoms with Gasteiger partial charge >= 0.3 is 6.18 Å². The number of aromatic nitrogens is 1. The van der Waals surface area contributed by atoms with Gasteiger partial charge < -0.3 is 9.72 Å². The van der Waals surface area contributed by atoms with E-state index in [9.17, 15) is 22.8 Å². The predicted molar refractivity (Wildman–Crippen MR) is 77.7 cm³/mol. The van der Waals surface area contributed by atoms with Gasteiger partial charge in [-0.05, 0) is 25.5 Å². The summed E-state index contributed by atoms with van der Waals surface area (Å²) in [6.07, 6.45) is -5.31. The molecule has 8 heteroatoms. The number of aryl methyl sites for hydroxylation is 2. The van der Waals surface area contributed by atoms with Crippen molar-refractivity contribution in [3.8, 4) is 0 Å². The van der Waals surface area contributed by atoms with Gasteiger partial charge in [-0.1, -0.05) is 0 Å². The predicted octanol–water partition coefficient (Wildman–Crippen LogP) is 1.83. The lowest BCUT2D eigenvalue weighted by molar-refractivity contribution is -0.190. The van der Waals surface area contributed by atoms with Gasteiger partial charge in [0.1, 0.15) is 6.04 Å². The molecule has 1 aromatic rings. The second-order valence-corrected chi connectivity index (χ2v) is 5.67. The average Bonchev–Trinajstić information content (AvgIpc) is 2.43. The number of morpholine rings is 1. The largest absolute Gasteiger partial charge is 0.404 e. The maximum absolute atomic E-state index is 13.3. The van der Waals surface area contributed by atoms with E-state index in [0.29, 0.717) is 11.3 Å². The van der Waals surface area contributed by atoms with Crippen LogP contribution in [-0.4, -0.2) is 54.2 Å². The van der Waals surface area contributed by atoms with Crippen LogP contribution < -0.4 is 5.56 Å². The third-order valence-electron chi connectivity index (χ3n) is 3.89. The van der Waals surface area contributed by atoms with Crippen molar-refractivity contribution in [2.45, 2.75) is 32.5 Å². The molecule has 1 saturated heterocycles. The first kappa shape index (κ1) is 17.7. The highest BCUT2D eigenvalue weighted by Crippen LogP contribution is 2.29. The van der Waals surface area contributed by atoms with Gasteiger partial charge in [-0.3, -0.25) is 14.5 Å². The number of carbonyl (C=O) groups excluding carboxylic acids is 1. The summed E-state index contributed by atoms with van der Waals surface area (Å²) in [6.45, 7) is 3.82. The molecule has 23 heavy (non-hydrogen) atoms. The van der Waals surface area contributed by atoms with E-state index in [0.717, 1.165) is 0 Å². The smallest absolute Gasteiger partial charge is 0.379 e. The van der Waals surface area contributed by atoms with Gasteiger partial charge in [-0.2, -0.15) is 13.2 Å². The molecule has 1 atom stereocenters. The van der Waals surface area contributed by atoms with E-state index in [1.54, 1.807) is 19.9 Å². The molecule has 2 heterocycles. The van der Waals surface area contributed by atoms with Crippen LogP contribution in [0.3, 0.4) is 0 Å². The van der Waals surface area contributed by atoms with Crippen molar-refractivity contribution in [1.82, 2.24) is 9.88 Å². The first-order valence-corrected chi connectivity index (χ1v) is 7.32. The van der Waals surface area contributed by atoms with Gasteiger partial charge in [0, 0.05) is 25.2 Å². The second-order valence-electron chi connectivity index (χ2n) is 5.67. The minimum absolute atomic E-state index is 0.112. The Hall–Kier alpha value is -1.67.